The maximum Gasteiger partial charge on any atom is 0.259 e. The van der Waals surface area contributed by atoms with Crippen molar-refractivity contribution >= 4 is 40.7 Å². The van der Waals surface area contributed by atoms with Crippen LogP contribution in [0.4, 0.5) is 5.69 Å². The topological polar surface area (TPSA) is 69.9 Å². The highest BCUT2D eigenvalue weighted by Crippen LogP contribution is 2.37. The Labute approximate surface area is 202 Å². The van der Waals surface area contributed by atoms with Gasteiger partial charge in [-0.15, -0.1) is 0 Å². The Morgan fingerprint density at radius 1 is 1.00 bits per heavy atom. The van der Waals surface area contributed by atoms with Gasteiger partial charge in [-0.25, -0.2) is 0 Å². The van der Waals surface area contributed by atoms with Gasteiger partial charge in [0.25, 0.3) is 5.91 Å². The Hall–Kier alpha value is -2.87. The summed E-state index contributed by atoms with van der Waals surface area (Å²) in [5.41, 5.74) is 2.03. The van der Waals surface area contributed by atoms with E-state index in [0.29, 0.717) is 65.4 Å². The van der Waals surface area contributed by atoms with Crippen molar-refractivity contribution in [3.05, 3.63) is 69.9 Å². The number of para-hydroxylation sites is 1. The van der Waals surface area contributed by atoms with Crippen LogP contribution in [0, 0.1) is 6.92 Å². The van der Waals surface area contributed by atoms with Gasteiger partial charge in [-0.2, -0.15) is 0 Å². The van der Waals surface area contributed by atoms with Crippen molar-refractivity contribution in [2.24, 2.45) is 0 Å². The minimum absolute atomic E-state index is 0.00602. The second kappa shape index (κ2) is 9.95. The van der Waals surface area contributed by atoms with Crippen LogP contribution >= 0.6 is 23.2 Å². The summed E-state index contributed by atoms with van der Waals surface area (Å²) in [4.78, 5) is 31.5. The number of piperazine rings is 1. The molecular formula is C24H24Cl2N4O3. The Kier molecular flexibility index (Phi) is 7.02. The molecule has 33 heavy (non-hydrogen) atoms. The van der Waals surface area contributed by atoms with Gasteiger partial charge < -0.3 is 14.3 Å². The summed E-state index contributed by atoms with van der Waals surface area (Å²) in [6.45, 7) is 4.14. The normalized spacial score (nSPS) is 14.4. The Morgan fingerprint density at radius 2 is 1.64 bits per heavy atom. The molecule has 3 aromatic rings. The average Bonchev–Trinajstić information content (AvgIpc) is 3.19. The second-order valence-electron chi connectivity index (χ2n) is 7.92. The smallest absolute Gasteiger partial charge is 0.259 e. The SMILES string of the molecule is Cc1onc(-c2c(Cl)cccc2Cl)c1C(=O)N1CCN(CC(=O)N(C)c2ccccc2)CC1. The van der Waals surface area contributed by atoms with Crippen LogP contribution in [0.15, 0.2) is 53.1 Å². The fourth-order valence-corrected chi connectivity index (χ4v) is 4.46. The summed E-state index contributed by atoms with van der Waals surface area (Å²) in [7, 11) is 1.77. The third kappa shape index (κ3) is 4.90. The molecule has 2 aromatic carbocycles. The average molecular weight is 487 g/mol. The van der Waals surface area contributed by atoms with E-state index in [1.807, 2.05) is 30.3 Å². The maximum atomic E-state index is 13.4. The van der Waals surface area contributed by atoms with Crippen molar-refractivity contribution in [3.63, 3.8) is 0 Å². The van der Waals surface area contributed by atoms with Crippen LogP contribution in [0.1, 0.15) is 16.1 Å². The molecule has 2 amide bonds. The number of benzene rings is 2. The molecule has 0 radical (unpaired) electrons. The quantitative estimate of drug-likeness (QED) is 0.535. The number of rotatable bonds is 5. The summed E-state index contributed by atoms with van der Waals surface area (Å²) in [5, 5.41) is 4.87. The largest absolute Gasteiger partial charge is 0.360 e. The van der Waals surface area contributed by atoms with Gasteiger partial charge in [0.15, 0.2) is 0 Å². The number of halogens is 2. The molecule has 0 spiro atoms. The fourth-order valence-electron chi connectivity index (χ4n) is 3.88. The van der Waals surface area contributed by atoms with E-state index in [1.165, 1.54) is 0 Å². The summed E-state index contributed by atoms with van der Waals surface area (Å²) in [5.74, 6) is 0.228. The van der Waals surface area contributed by atoms with Gasteiger partial charge in [-0.1, -0.05) is 52.6 Å². The summed E-state index contributed by atoms with van der Waals surface area (Å²) in [6, 6.07) is 14.7. The van der Waals surface area contributed by atoms with Crippen molar-refractivity contribution in [2.75, 3.05) is 44.7 Å². The highest BCUT2D eigenvalue weighted by atomic mass is 35.5. The molecule has 0 aliphatic carbocycles. The highest BCUT2D eigenvalue weighted by molar-refractivity contribution is 6.39. The van der Waals surface area contributed by atoms with Gasteiger partial charge in [0.05, 0.1) is 16.6 Å². The molecule has 1 aliphatic rings. The van der Waals surface area contributed by atoms with Crippen LogP contribution in [0.3, 0.4) is 0 Å². The molecule has 1 aromatic heterocycles. The molecule has 0 atom stereocenters. The van der Waals surface area contributed by atoms with Gasteiger partial charge in [0.2, 0.25) is 5.91 Å². The third-order valence-corrected chi connectivity index (χ3v) is 6.44. The lowest BCUT2D eigenvalue weighted by atomic mass is 10.0. The van der Waals surface area contributed by atoms with Crippen molar-refractivity contribution in [2.45, 2.75) is 6.92 Å². The van der Waals surface area contributed by atoms with Crippen LogP contribution in [0.5, 0.6) is 0 Å². The Morgan fingerprint density at radius 3 is 2.27 bits per heavy atom. The first kappa shape index (κ1) is 23.3. The van der Waals surface area contributed by atoms with Gasteiger partial charge in [0, 0.05) is 44.5 Å². The molecule has 0 bridgehead atoms. The van der Waals surface area contributed by atoms with Gasteiger partial charge >= 0.3 is 0 Å². The van der Waals surface area contributed by atoms with Gasteiger partial charge in [0.1, 0.15) is 17.0 Å². The molecule has 7 nitrogen and oxygen atoms in total. The monoisotopic (exact) mass is 486 g/mol. The van der Waals surface area contributed by atoms with E-state index in [-0.39, 0.29) is 11.8 Å². The number of aromatic nitrogens is 1. The van der Waals surface area contributed by atoms with Crippen molar-refractivity contribution < 1.29 is 14.1 Å². The number of aryl methyl sites for hydroxylation is 1. The zero-order valence-electron chi connectivity index (χ0n) is 18.4. The zero-order valence-corrected chi connectivity index (χ0v) is 19.9. The van der Waals surface area contributed by atoms with Crippen LogP contribution in [-0.4, -0.2) is 66.5 Å². The molecule has 0 saturated carbocycles. The first-order valence-corrected chi connectivity index (χ1v) is 11.4. The maximum absolute atomic E-state index is 13.4. The number of anilines is 1. The molecule has 0 N–H and O–H groups in total. The molecule has 2 heterocycles. The number of carbonyl (C=O) groups is 2. The second-order valence-corrected chi connectivity index (χ2v) is 8.73. The van der Waals surface area contributed by atoms with Gasteiger partial charge in [-0.3, -0.25) is 14.5 Å². The summed E-state index contributed by atoms with van der Waals surface area (Å²) in [6.07, 6.45) is 0. The lowest BCUT2D eigenvalue weighted by Gasteiger charge is -2.35. The first-order chi connectivity index (χ1) is 15.9. The first-order valence-electron chi connectivity index (χ1n) is 10.6. The Balaban J connectivity index is 1.43. The van der Waals surface area contributed by atoms with E-state index in [9.17, 15) is 9.59 Å². The lowest BCUT2D eigenvalue weighted by Crippen LogP contribution is -2.51. The highest BCUT2D eigenvalue weighted by Gasteiger charge is 2.30. The van der Waals surface area contributed by atoms with Crippen LogP contribution in [-0.2, 0) is 4.79 Å². The van der Waals surface area contributed by atoms with Crippen molar-refractivity contribution in [1.29, 1.82) is 0 Å². The number of hydrogen-bond donors (Lipinski definition) is 0. The van der Waals surface area contributed by atoms with Crippen LogP contribution in [0.2, 0.25) is 10.0 Å². The standard InChI is InChI=1S/C24H24Cl2N4O3/c1-16-21(23(27-33-16)22-18(25)9-6-10-19(22)26)24(32)30-13-11-29(12-14-30)15-20(31)28(2)17-7-4-3-5-8-17/h3-10H,11-15H2,1-2H3. The lowest BCUT2D eigenvalue weighted by molar-refractivity contribution is -0.119. The predicted octanol–water partition coefficient (Wildman–Crippen LogP) is 4.38. The fraction of sp³-hybridized carbons (Fsp3) is 0.292. The molecular weight excluding hydrogens is 463 g/mol. The molecule has 172 valence electrons. The molecule has 1 aliphatic heterocycles. The van der Waals surface area contributed by atoms with Crippen molar-refractivity contribution in [1.82, 2.24) is 15.0 Å². The number of hydrogen-bond acceptors (Lipinski definition) is 5. The van der Waals surface area contributed by atoms with E-state index in [1.54, 1.807) is 42.0 Å². The number of likely N-dealkylation sites (N-methyl/N-ethyl adjacent to an activating group) is 1. The number of carbonyl (C=O) groups excluding carboxylic acids is 2. The number of nitrogens with zero attached hydrogens (tertiary/aromatic N) is 4. The van der Waals surface area contributed by atoms with Gasteiger partial charge in [-0.05, 0) is 31.2 Å². The van der Waals surface area contributed by atoms with Crippen LogP contribution in [0.25, 0.3) is 11.3 Å². The van der Waals surface area contributed by atoms with E-state index in [2.05, 4.69) is 10.1 Å². The Bertz CT molecular complexity index is 1140. The minimum atomic E-state index is -0.188. The summed E-state index contributed by atoms with van der Waals surface area (Å²) < 4.78 is 5.34. The van der Waals surface area contributed by atoms with E-state index < -0.39 is 0 Å². The van der Waals surface area contributed by atoms with E-state index in [0.717, 1.165) is 5.69 Å². The zero-order chi connectivity index (χ0) is 23.5. The summed E-state index contributed by atoms with van der Waals surface area (Å²) >= 11 is 12.7. The molecule has 1 saturated heterocycles. The third-order valence-electron chi connectivity index (χ3n) is 5.81. The van der Waals surface area contributed by atoms with E-state index in [4.69, 9.17) is 27.7 Å². The molecule has 0 unspecified atom stereocenters. The van der Waals surface area contributed by atoms with E-state index >= 15 is 0 Å². The molecule has 9 heteroatoms. The van der Waals surface area contributed by atoms with Crippen molar-refractivity contribution in [3.8, 4) is 11.3 Å². The molecule has 1 fully saturated rings. The minimum Gasteiger partial charge on any atom is -0.360 e. The predicted molar refractivity (Wildman–Crippen MR) is 129 cm³/mol. The number of amides is 2. The molecule has 4 rings (SSSR count). The van der Waals surface area contributed by atoms with Crippen LogP contribution < -0.4 is 4.90 Å².